The molecule has 0 spiro atoms. The Morgan fingerprint density at radius 2 is 1.68 bits per heavy atom. The molecule has 0 amide bonds. The van der Waals surface area contributed by atoms with Crippen LogP contribution in [0.1, 0.15) is 12.5 Å². The molecule has 1 aromatic rings. The van der Waals surface area contributed by atoms with Gasteiger partial charge in [-0.3, -0.25) is 0 Å². The molecule has 19 heavy (non-hydrogen) atoms. The van der Waals surface area contributed by atoms with Crippen molar-refractivity contribution < 1.29 is 18.9 Å². The molecular formula is C14H23NO4. The Morgan fingerprint density at radius 1 is 1.00 bits per heavy atom. The van der Waals surface area contributed by atoms with Crippen LogP contribution in [0.2, 0.25) is 0 Å². The molecule has 0 fully saturated rings. The fraction of sp³-hybridized carbons (Fsp3) is 0.571. The third kappa shape index (κ3) is 4.01. The largest absolute Gasteiger partial charge is 0.493 e. The summed E-state index contributed by atoms with van der Waals surface area (Å²) in [6, 6.07) is 3.84. The van der Waals surface area contributed by atoms with E-state index in [9.17, 15) is 0 Å². The van der Waals surface area contributed by atoms with Crippen molar-refractivity contribution in [1.82, 2.24) is 5.32 Å². The van der Waals surface area contributed by atoms with Crippen molar-refractivity contribution in [2.24, 2.45) is 0 Å². The zero-order valence-electron chi connectivity index (χ0n) is 12.3. The van der Waals surface area contributed by atoms with Crippen LogP contribution < -0.4 is 19.5 Å². The van der Waals surface area contributed by atoms with Crippen LogP contribution >= 0.6 is 0 Å². The second-order valence-electron chi connectivity index (χ2n) is 4.17. The summed E-state index contributed by atoms with van der Waals surface area (Å²) >= 11 is 0. The summed E-state index contributed by atoms with van der Waals surface area (Å²) in [5.41, 5.74) is 1.02. The highest BCUT2D eigenvalue weighted by molar-refractivity contribution is 5.55. The Morgan fingerprint density at radius 3 is 2.21 bits per heavy atom. The van der Waals surface area contributed by atoms with E-state index in [1.807, 2.05) is 19.1 Å². The molecule has 0 aliphatic carbocycles. The van der Waals surface area contributed by atoms with Crippen molar-refractivity contribution in [1.29, 1.82) is 0 Å². The molecule has 0 aliphatic heterocycles. The summed E-state index contributed by atoms with van der Waals surface area (Å²) in [5, 5.41) is 3.31. The third-order valence-corrected chi connectivity index (χ3v) is 2.94. The van der Waals surface area contributed by atoms with E-state index in [2.05, 4.69) is 5.32 Å². The molecule has 5 nitrogen and oxygen atoms in total. The molecule has 0 aliphatic rings. The maximum absolute atomic E-state index is 5.42. The highest BCUT2D eigenvalue weighted by Gasteiger charge is 2.15. The minimum absolute atomic E-state index is 0.172. The van der Waals surface area contributed by atoms with E-state index in [0.29, 0.717) is 23.8 Å². The third-order valence-electron chi connectivity index (χ3n) is 2.94. The van der Waals surface area contributed by atoms with Crippen molar-refractivity contribution in [3.05, 3.63) is 17.7 Å². The summed E-state index contributed by atoms with van der Waals surface area (Å²) in [6.07, 6.45) is 0.172. The molecular weight excluding hydrogens is 246 g/mol. The second kappa shape index (κ2) is 7.86. The van der Waals surface area contributed by atoms with Gasteiger partial charge in [0, 0.05) is 25.8 Å². The Kier molecular flexibility index (Phi) is 6.45. The van der Waals surface area contributed by atoms with Gasteiger partial charge in [-0.2, -0.15) is 0 Å². The zero-order chi connectivity index (χ0) is 14.3. The molecule has 5 heteroatoms. The average Bonchev–Trinajstić information content (AvgIpc) is 2.45. The molecule has 1 aromatic carbocycles. The van der Waals surface area contributed by atoms with E-state index in [0.717, 1.165) is 12.1 Å². The predicted octanol–water partition coefficient (Wildman–Crippen LogP) is 1.84. The Balaban J connectivity index is 2.83. The SMILES string of the molecule is COc1ccc(CNCC(C)OC)c(OC)c1OC. The number of ether oxygens (including phenoxy) is 4. The lowest BCUT2D eigenvalue weighted by molar-refractivity contribution is 0.117. The summed E-state index contributed by atoms with van der Waals surface area (Å²) in [7, 11) is 6.53. The van der Waals surface area contributed by atoms with Gasteiger partial charge in [0.05, 0.1) is 27.4 Å². The molecule has 1 rings (SSSR count). The van der Waals surface area contributed by atoms with Crippen LogP contribution in [-0.4, -0.2) is 41.1 Å². The molecule has 0 aromatic heterocycles. The fourth-order valence-electron chi connectivity index (χ4n) is 1.80. The first-order valence-corrected chi connectivity index (χ1v) is 6.19. The Hall–Kier alpha value is -1.46. The predicted molar refractivity (Wildman–Crippen MR) is 74.3 cm³/mol. The number of hydrogen-bond donors (Lipinski definition) is 1. The molecule has 1 atom stereocenters. The lowest BCUT2D eigenvalue weighted by Crippen LogP contribution is -2.25. The van der Waals surface area contributed by atoms with Crippen molar-refractivity contribution in [2.45, 2.75) is 19.6 Å². The van der Waals surface area contributed by atoms with Crippen molar-refractivity contribution in [2.75, 3.05) is 35.0 Å². The lowest BCUT2D eigenvalue weighted by Gasteiger charge is -2.17. The molecule has 0 bridgehead atoms. The van der Waals surface area contributed by atoms with E-state index in [4.69, 9.17) is 18.9 Å². The molecule has 1 N–H and O–H groups in total. The lowest BCUT2D eigenvalue weighted by atomic mass is 10.1. The van der Waals surface area contributed by atoms with Crippen LogP contribution in [0.25, 0.3) is 0 Å². The number of rotatable bonds is 8. The van der Waals surface area contributed by atoms with E-state index in [1.165, 1.54) is 0 Å². The summed E-state index contributed by atoms with van der Waals surface area (Å²) in [5.74, 6) is 1.97. The quantitative estimate of drug-likeness (QED) is 0.780. The van der Waals surface area contributed by atoms with Crippen molar-refractivity contribution >= 4 is 0 Å². The molecule has 108 valence electrons. The monoisotopic (exact) mass is 269 g/mol. The van der Waals surface area contributed by atoms with Gasteiger partial charge in [0.2, 0.25) is 5.75 Å². The highest BCUT2D eigenvalue weighted by atomic mass is 16.5. The molecule has 0 radical (unpaired) electrons. The first-order valence-electron chi connectivity index (χ1n) is 6.19. The van der Waals surface area contributed by atoms with Crippen LogP contribution in [0.3, 0.4) is 0 Å². The van der Waals surface area contributed by atoms with Gasteiger partial charge in [0.1, 0.15) is 0 Å². The smallest absolute Gasteiger partial charge is 0.203 e. The van der Waals surface area contributed by atoms with Crippen molar-refractivity contribution in [3.63, 3.8) is 0 Å². The maximum atomic E-state index is 5.42. The van der Waals surface area contributed by atoms with Gasteiger partial charge in [0.25, 0.3) is 0 Å². The standard InChI is InChI=1S/C14H23NO4/c1-10(16-2)8-15-9-11-6-7-12(17-3)14(19-5)13(11)18-4/h6-7,10,15H,8-9H2,1-5H3. The van der Waals surface area contributed by atoms with Crippen LogP contribution in [0.4, 0.5) is 0 Å². The normalized spacial score (nSPS) is 12.1. The summed E-state index contributed by atoms with van der Waals surface area (Å²) < 4.78 is 21.2. The van der Waals surface area contributed by atoms with Crippen LogP contribution in [0.15, 0.2) is 12.1 Å². The number of benzene rings is 1. The van der Waals surface area contributed by atoms with Gasteiger partial charge in [-0.25, -0.2) is 0 Å². The number of methoxy groups -OCH3 is 4. The first-order chi connectivity index (χ1) is 9.17. The van der Waals surface area contributed by atoms with Crippen molar-refractivity contribution in [3.8, 4) is 17.2 Å². The van der Waals surface area contributed by atoms with Gasteiger partial charge in [0.15, 0.2) is 11.5 Å². The summed E-state index contributed by atoms with van der Waals surface area (Å²) in [6.45, 7) is 3.46. The molecule has 0 saturated heterocycles. The second-order valence-corrected chi connectivity index (χ2v) is 4.17. The topological polar surface area (TPSA) is 49.0 Å². The summed E-state index contributed by atoms with van der Waals surface area (Å²) in [4.78, 5) is 0. The van der Waals surface area contributed by atoms with Gasteiger partial charge in [-0.05, 0) is 13.0 Å². The van der Waals surface area contributed by atoms with E-state index in [-0.39, 0.29) is 6.10 Å². The number of hydrogen-bond acceptors (Lipinski definition) is 5. The molecule has 0 heterocycles. The van der Waals surface area contributed by atoms with Crippen LogP contribution in [-0.2, 0) is 11.3 Å². The van der Waals surface area contributed by atoms with Gasteiger partial charge < -0.3 is 24.3 Å². The van der Waals surface area contributed by atoms with Gasteiger partial charge in [-0.15, -0.1) is 0 Å². The zero-order valence-corrected chi connectivity index (χ0v) is 12.3. The van der Waals surface area contributed by atoms with E-state index < -0.39 is 0 Å². The van der Waals surface area contributed by atoms with Crippen LogP contribution in [0.5, 0.6) is 17.2 Å². The minimum atomic E-state index is 0.172. The Labute approximate surface area is 114 Å². The van der Waals surface area contributed by atoms with E-state index in [1.54, 1.807) is 28.4 Å². The molecule has 0 saturated carbocycles. The number of nitrogens with one attached hydrogen (secondary N) is 1. The Bertz CT molecular complexity index is 395. The van der Waals surface area contributed by atoms with E-state index >= 15 is 0 Å². The maximum Gasteiger partial charge on any atom is 0.203 e. The molecule has 1 unspecified atom stereocenters. The average molecular weight is 269 g/mol. The fourth-order valence-corrected chi connectivity index (χ4v) is 1.80. The van der Waals surface area contributed by atoms with Crippen LogP contribution in [0, 0.1) is 0 Å². The van der Waals surface area contributed by atoms with Gasteiger partial charge in [-0.1, -0.05) is 6.07 Å². The van der Waals surface area contributed by atoms with Gasteiger partial charge >= 0.3 is 0 Å². The highest BCUT2D eigenvalue weighted by Crippen LogP contribution is 2.39. The first kappa shape index (κ1) is 15.6. The minimum Gasteiger partial charge on any atom is -0.493 e.